The van der Waals surface area contributed by atoms with Crippen LogP contribution in [0.2, 0.25) is 0 Å². The van der Waals surface area contributed by atoms with Crippen molar-refractivity contribution < 1.29 is 0 Å². The molecule has 1 aromatic heterocycles. The Morgan fingerprint density at radius 2 is 1.75 bits per heavy atom. The van der Waals surface area contributed by atoms with Gasteiger partial charge >= 0.3 is 0 Å². The third-order valence-electron chi connectivity index (χ3n) is 2.93. The summed E-state index contributed by atoms with van der Waals surface area (Å²) in [6.07, 6.45) is 1.80. The van der Waals surface area contributed by atoms with Crippen molar-refractivity contribution in [2.45, 2.75) is 25.9 Å². The molecule has 2 rings (SSSR count). The van der Waals surface area contributed by atoms with Crippen LogP contribution < -0.4 is 11.3 Å². The van der Waals surface area contributed by atoms with Crippen LogP contribution in [0.5, 0.6) is 0 Å². The Labute approximate surface area is 143 Å². The summed E-state index contributed by atoms with van der Waals surface area (Å²) in [7, 11) is 0. The number of benzene rings is 1. The maximum Gasteiger partial charge on any atom is 0.0890 e. The molecule has 3 N–H and O–H groups in total. The number of hydrogen-bond acceptors (Lipinski definition) is 3. The van der Waals surface area contributed by atoms with Crippen LogP contribution in [0.1, 0.15) is 37.2 Å². The number of nitrogens with two attached hydrogens (primary N) is 1. The maximum absolute atomic E-state index is 5.79. The van der Waals surface area contributed by atoms with Crippen LogP contribution in [0, 0.1) is 0 Å². The second-order valence-corrected chi connectivity index (χ2v) is 7.40. The maximum atomic E-state index is 5.79. The van der Waals surface area contributed by atoms with Crippen LogP contribution in [0.25, 0.3) is 0 Å². The van der Waals surface area contributed by atoms with Gasteiger partial charge in [0.25, 0.3) is 0 Å². The normalized spacial score (nSPS) is 12.9. The first-order chi connectivity index (χ1) is 9.43. The van der Waals surface area contributed by atoms with E-state index in [9.17, 15) is 0 Å². The van der Waals surface area contributed by atoms with E-state index in [2.05, 4.69) is 72.2 Å². The highest BCUT2D eigenvalue weighted by atomic mass is 79.9. The fourth-order valence-electron chi connectivity index (χ4n) is 2.11. The van der Waals surface area contributed by atoms with Crippen molar-refractivity contribution in [3.8, 4) is 0 Å². The van der Waals surface area contributed by atoms with Gasteiger partial charge in [-0.05, 0) is 53.5 Å². The molecular weight excluding hydrogens is 452 g/mol. The van der Waals surface area contributed by atoms with E-state index in [-0.39, 0.29) is 12.1 Å². The average Bonchev–Trinajstić information content (AvgIpc) is 2.72. The summed E-state index contributed by atoms with van der Waals surface area (Å²) in [5.74, 6) is 5.79. The number of nitrogens with one attached hydrogen (secondary N) is 1. The lowest BCUT2D eigenvalue weighted by molar-refractivity contribution is 0.475. The van der Waals surface area contributed by atoms with Crippen LogP contribution in [0.4, 0.5) is 0 Å². The van der Waals surface area contributed by atoms with E-state index in [0.29, 0.717) is 0 Å². The second kappa shape index (κ2) is 6.70. The largest absolute Gasteiger partial charge is 0.271 e. The number of nitrogens with zero attached hydrogens (tertiary/aromatic N) is 2. The van der Waals surface area contributed by atoms with Crippen molar-refractivity contribution in [1.82, 2.24) is 15.2 Å². The average molecular weight is 467 g/mol. The number of aromatic nitrogens is 2. The quantitative estimate of drug-likeness (QED) is 0.521. The third-order valence-corrected chi connectivity index (χ3v) is 4.46. The Morgan fingerprint density at radius 1 is 1.15 bits per heavy atom. The molecule has 0 fully saturated rings. The first kappa shape index (κ1) is 16.2. The van der Waals surface area contributed by atoms with Gasteiger partial charge in [-0.25, -0.2) is 5.43 Å². The molecule has 0 saturated carbocycles. The monoisotopic (exact) mass is 464 g/mol. The van der Waals surface area contributed by atoms with E-state index in [1.165, 1.54) is 0 Å². The molecule has 7 heteroatoms. The van der Waals surface area contributed by atoms with E-state index >= 15 is 0 Å². The van der Waals surface area contributed by atoms with Gasteiger partial charge in [-0.2, -0.15) is 5.10 Å². The lowest BCUT2D eigenvalue weighted by atomic mass is 10.0. The summed E-state index contributed by atoms with van der Waals surface area (Å²) in [5.41, 5.74) is 4.94. The molecule has 0 aliphatic heterocycles. The fourth-order valence-corrected chi connectivity index (χ4v) is 3.94. The predicted molar refractivity (Wildman–Crippen MR) is 91.3 cm³/mol. The molecule has 0 saturated heterocycles. The second-order valence-electron chi connectivity index (χ2n) is 4.72. The summed E-state index contributed by atoms with van der Waals surface area (Å²) in [6, 6.07) is 6.18. The molecule has 0 spiro atoms. The first-order valence-corrected chi connectivity index (χ1v) is 8.47. The predicted octanol–water partition coefficient (Wildman–Crippen LogP) is 4.30. The summed E-state index contributed by atoms with van der Waals surface area (Å²) in [6.45, 7) is 4.18. The van der Waals surface area contributed by atoms with Crippen LogP contribution in [-0.4, -0.2) is 9.78 Å². The Bertz CT molecular complexity index is 589. The number of hydrogen-bond donors (Lipinski definition) is 2. The smallest absolute Gasteiger partial charge is 0.0890 e. The van der Waals surface area contributed by atoms with Crippen LogP contribution in [0.15, 0.2) is 37.8 Å². The van der Waals surface area contributed by atoms with E-state index in [1.807, 2.05) is 22.9 Å². The minimum absolute atomic E-state index is 0.150. The van der Waals surface area contributed by atoms with E-state index in [4.69, 9.17) is 5.84 Å². The van der Waals surface area contributed by atoms with E-state index < -0.39 is 0 Å². The topological polar surface area (TPSA) is 55.9 Å². The molecule has 0 aliphatic rings. The summed E-state index contributed by atoms with van der Waals surface area (Å²) in [4.78, 5) is 0. The van der Waals surface area contributed by atoms with Crippen molar-refractivity contribution in [2.75, 3.05) is 0 Å². The highest BCUT2D eigenvalue weighted by molar-refractivity contribution is 9.11. The molecule has 0 aliphatic carbocycles. The molecule has 1 atom stereocenters. The summed E-state index contributed by atoms with van der Waals surface area (Å²) in [5, 5.41) is 4.41. The molecule has 4 nitrogen and oxygen atoms in total. The number of halogens is 3. The standard InChI is InChI=1S/C13H15Br3N4/c1-7(2)20-13(11(16)6-18-20)12(19-17)8-3-9(14)5-10(15)4-8/h3-7,12,19H,17H2,1-2H3. The van der Waals surface area contributed by atoms with Crippen molar-refractivity contribution in [3.05, 3.63) is 49.1 Å². The molecular formula is C13H15Br3N4. The highest BCUT2D eigenvalue weighted by Gasteiger charge is 2.22. The summed E-state index contributed by atoms with van der Waals surface area (Å²) < 4.78 is 4.89. The van der Waals surface area contributed by atoms with Crippen molar-refractivity contribution in [1.29, 1.82) is 0 Å². The molecule has 1 unspecified atom stereocenters. The van der Waals surface area contributed by atoms with Gasteiger partial charge < -0.3 is 0 Å². The molecule has 2 aromatic rings. The molecule has 0 radical (unpaired) electrons. The molecule has 1 heterocycles. The molecule has 0 bridgehead atoms. The third kappa shape index (κ3) is 3.33. The van der Waals surface area contributed by atoms with Crippen molar-refractivity contribution in [3.63, 3.8) is 0 Å². The van der Waals surface area contributed by atoms with Gasteiger partial charge in [-0.1, -0.05) is 31.9 Å². The minimum Gasteiger partial charge on any atom is -0.271 e. The highest BCUT2D eigenvalue weighted by Crippen LogP contribution is 2.32. The van der Waals surface area contributed by atoms with Crippen LogP contribution in [0.3, 0.4) is 0 Å². The lowest BCUT2D eigenvalue weighted by Gasteiger charge is -2.21. The Balaban J connectivity index is 2.55. The van der Waals surface area contributed by atoms with Crippen molar-refractivity contribution >= 4 is 47.8 Å². The Morgan fingerprint density at radius 3 is 2.25 bits per heavy atom. The van der Waals surface area contributed by atoms with Crippen molar-refractivity contribution in [2.24, 2.45) is 5.84 Å². The van der Waals surface area contributed by atoms with Gasteiger partial charge in [0.2, 0.25) is 0 Å². The molecule has 108 valence electrons. The fraction of sp³-hybridized carbons (Fsp3) is 0.308. The SMILES string of the molecule is CC(C)n1ncc(Br)c1C(NN)c1cc(Br)cc(Br)c1. The van der Waals surface area contributed by atoms with Crippen LogP contribution in [-0.2, 0) is 0 Å². The van der Waals surface area contributed by atoms with Gasteiger partial charge in [-0.3, -0.25) is 10.5 Å². The lowest BCUT2D eigenvalue weighted by Crippen LogP contribution is -2.31. The van der Waals surface area contributed by atoms with E-state index in [0.717, 1.165) is 24.7 Å². The zero-order valence-electron chi connectivity index (χ0n) is 11.1. The van der Waals surface area contributed by atoms with Gasteiger partial charge in [0.15, 0.2) is 0 Å². The van der Waals surface area contributed by atoms with Gasteiger partial charge in [0.05, 0.1) is 22.4 Å². The van der Waals surface area contributed by atoms with Gasteiger partial charge in [0.1, 0.15) is 0 Å². The molecule has 20 heavy (non-hydrogen) atoms. The first-order valence-electron chi connectivity index (χ1n) is 6.09. The van der Waals surface area contributed by atoms with Crippen LogP contribution >= 0.6 is 47.8 Å². The van der Waals surface area contributed by atoms with E-state index in [1.54, 1.807) is 6.20 Å². The summed E-state index contributed by atoms with van der Waals surface area (Å²) >= 11 is 10.6. The zero-order chi connectivity index (χ0) is 14.9. The zero-order valence-corrected chi connectivity index (χ0v) is 15.8. The Kier molecular flexibility index (Phi) is 5.42. The van der Waals surface area contributed by atoms with Gasteiger partial charge in [-0.15, -0.1) is 0 Å². The molecule has 0 amide bonds. The number of hydrazine groups is 1. The number of rotatable bonds is 4. The van der Waals surface area contributed by atoms with Gasteiger partial charge in [0, 0.05) is 15.0 Å². The minimum atomic E-state index is -0.150. The molecule has 1 aromatic carbocycles. The Hall–Kier alpha value is -0.210.